The molecular formula is C8H16N2O. The van der Waals surface area contributed by atoms with Gasteiger partial charge in [-0.1, -0.05) is 0 Å². The molecule has 1 rings (SSSR count). The highest BCUT2D eigenvalue weighted by Gasteiger charge is 2.10. The molecule has 0 aromatic heterocycles. The van der Waals surface area contributed by atoms with E-state index in [1.807, 2.05) is 0 Å². The number of hydrogen-bond donors (Lipinski definition) is 0. The summed E-state index contributed by atoms with van der Waals surface area (Å²) in [5, 5.41) is 0. The first-order valence-corrected chi connectivity index (χ1v) is 4.17. The van der Waals surface area contributed by atoms with Crippen molar-refractivity contribution in [3.8, 4) is 0 Å². The fourth-order valence-electron chi connectivity index (χ4n) is 1.39. The van der Waals surface area contributed by atoms with Gasteiger partial charge in [-0.05, 0) is 26.6 Å². The number of rotatable bonds is 2. The topological polar surface area (TPSA) is 23.6 Å². The lowest BCUT2D eigenvalue weighted by molar-refractivity contribution is -0.108. The van der Waals surface area contributed by atoms with Gasteiger partial charge in [0, 0.05) is 13.1 Å². The summed E-state index contributed by atoms with van der Waals surface area (Å²) >= 11 is 0. The summed E-state index contributed by atoms with van der Waals surface area (Å²) in [5.74, 6) is 0. The van der Waals surface area contributed by atoms with Gasteiger partial charge in [0.1, 0.15) is 6.29 Å². The van der Waals surface area contributed by atoms with Crippen molar-refractivity contribution in [2.45, 2.75) is 6.42 Å². The summed E-state index contributed by atoms with van der Waals surface area (Å²) in [6.45, 7) is 4.97. The molecule has 1 fully saturated rings. The van der Waals surface area contributed by atoms with E-state index in [1.165, 1.54) is 6.42 Å². The van der Waals surface area contributed by atoms with E-state index in [0.29, 0.717) is 6.54 Å². The molecule has 64 valence electrons. The van der Waals surface area contributed by atoms with Gasteiger partial charge in [0.2, 0.25) is 0 Å². The third-order valence-corrected chi connectivity index (χ3v) is 2.14. The first-order chi connectivity index (χ1) is 5.33. The van der Waals surface area contributed by atoms with Crippen molar-refractivity contribution in [1.82, 2.24) is 9.80 Å². The van der Waals surface area contributed by atoms with Gasteiger partial charge in [-0.2, -0.15) is 0 Å². The summed E-state index contributed by atoms with van der Waals surface area (Å²) in [4.78, 5) is 14.7. The molecule has 0 atom stereocenters. The number of nitrogens with zero attached hydrogens (tertiary/aromatic N) is 2. The quantitative estimate of drug-likeness (QED) is 0.518. The first-order valence-electron chi connectivity index (χ1n) is 4.17. The summed E-state index contributed by atoms with van der Waals surface area (Å²) in [6, 6.07) is 0. The number of likely N-dealkylation sites (N-methyl/N-ethyl adjacent to an activating group) is 1. The van der Waals surface area contributed by atoms with Crippen LogP contribution in [-0.2, 0) is 4.79 Å². The Morgan fingerprint density at radius 3 is 2.82 bits per heavy atom. The molecule has 11 heavy (non-hydrogen) atoms. The molecule has 1 aliphatic heterocycles. The molecule has 1 heterocycles. The fraction of sp³-hybridized carbons (Fsp3) is 0.875. The standard InChI is InChI=1S/C8H16N2O/c1-9-3-2-4-10(6-5-9)7-8-11/h8H,2-7H2,1H3. The van der Waals surface area contributed by atoms with E-state index in [-0.39, 0.29) is 0 Å². The van der Waals surface area contributed by atoms with E-state index in [0.717, 1.165) is 32.5 Å². The Labute approximate surface area is 68.0 Å². The van der Waals surface area contributed by atoms with Crippen LogP contribution in [0.15, 0.2) is 0 Å². The second-order valence-corrected chi connectivity index (χ2v) is 3.12. The Kier molecular flexibility index (Phi) is 3.52. The third-order valence-electron chi connectivity index (χ3n) is 2.14. The van der Waals surface area contributed by atoms with E-state index >= 15 is 0 Å². The van der Waals surface area contributed by atoms with Crippen molar-refractivity contribution in [2.75, 3.05) is 39.8 Å². The smallest absolute Gasteiger partial charge is 0.133 e. The van der Waals surface area contributed by atoms with E-state index in [2.05, 4.69) is 16.8 Å². The van der Waals surface area contributed by atoms with Crippen LogP contribution in [0.3, 0.4) is 0 Å². The van der Waals surface area contributed by atoms with Crippen molar-refractivity contribution in [3.05, 3.63) is 0 Å². The molecule has 3 nitrogen and oxygen atoms in total. The SMILES string of the molecule is CN1CCCN(CC=O)CC1. The van der Waals surface area contributed by atoms with Crippen LogP contribution < -0.4 is 0 Å². The van der Waals surface area contributed by atoms with Crippen LogP contribution in [0.2, 0.25) is 0 Å². The van der Waals surface area contributed by atoms with E-state index in [9.17, 15) is 4.79 Å². The van der Waals surface area contributed by atoms with Gasteiger partial charge in [-0.3, -0.25) is 4.90 Å². The number of carbonyl (C=O) groups is 1. The largest absolute Gasteiger partial charge is 0.305 e. The highest BCUT2D eigenvalue weighted by molar-refractivity contribution is 5.51. The summed E-state index contributed by atoms with van der Waals surface area (Å²) in [6.07, 6.45) is 2.18. The normalized spacial score (nSPS) is 23.0. The van der Waals surface area contributed by atoms with Crippen LogP contribution >= 0.6 is 0 Å². The van der Waals surface area contributed by atoms with Crippen LogP contribution in [0.4, 0.5) is 0 Å². The molecule has 1 aliphatic rings. The molecule has 0 unspecified atom stereocenters. The molecule has 0 radical (unpaired) electrons. The molecule has 0 spiro atoms. The minimum absolute atomic E-state index is 0.605. The Balaban J connectivity index is 2.27. The summed E-state index contributed by atoms with van der Waals surface area (Å²) < 4.78 is 0. The molecule has 0 saturated carbocycles. The van der Waals surface area contributed by atoms with Crippen molar-refractivity contribution in [3.63, 3.8) is 0 Å². The van der Waals surface area contributed by atoms with Gasteiger partial charge in [0.25, 0.3) is 0 Å². The highest BCUT2D eigenvalue weighted by Crippen LogP contribution is 1.98. The average molecular weight is 156 g/mol. The predicted octanol–water partition coefficient (Wildman–Crippen LogP) is -0.177. The number of carbonyl (C=O) groups excluding carboxylic acids is 1. The van der Waals surface area contributed by atoms with Crippen molar-refractivity contribution in [1.29, 1.82) is 0 Å². The zero-order valence-corrected chi connectivity index (χ0v) is 7.12. The maximum Gasteiger partial charge on any atom is 0.133 e. The maximum atomic E-state index is 10.2. The second kappa shape index (κ2) is 4.46. The van der Waals surface area contributed by atoms with Crippen LogP contribution in [0.25, 0.3) is 0 Å². The lowest BCUT2D eigenvalue weighted by atomic mass is 10.4. The van der Waals surface area contributed by atoms with Gasteiger partial charge < -0.3 is 9.69 Å². The van der Waals surface area contributed by atoms with Gasteiger partial charge >= 0.3 is 0 Å². The molecule has 0 amide bonds. The fourth-order valence-corrected chi connectivity index (χ4v) is 1.39. The highest BCUT2D eigenvalue weighted by atomic mass is 16.1. The Bertz CT molecular complexity index is 127. The van der Waals surface area contributed by atoms with E-state index < -0.39 is 0 Å². The van der Waals surface area contributed by atoms with Gasteiger partial charge in [0.05, 0.1) is 6.54 Å². The van der Waals surface area contributed by atoms with Crippen molar-refractivity contribution < 1.29 is 4.79 Å². The van der Waals surface area contributed by atoms with Gasteiger partial charge in [-0.15, -0.1) is 0 Å². The zero-order valence-electron chi connectivity index (χ0n) is 7.12. The minimum atomic E-state index is 0.605. The Morgan fingerprint density at radius 1 is 1.27 bits per heavy atom. The van der Waals surface area contributed by atoms with Gasteiger partial charge in [-0.25, -0.2) is 0 Å². The molecule has 0 aliphatic carbocycles. The molecular weight excluding hydrogens is 140 g/mol. The van der Waals surface area contributed by atoms with E-state index in [1.54, 1.807) is 0 Å². The number of aldehydes is 1. The monoisotopic (exact) mass is 156 g/mol. The van der Waals surface area contributed by atoms with E-state index in [4.69, 9.17) is 0 Å². The minimum Gasteiger partial charge on any atom is -0.305 e. The average Bonchev–Trinajstić information content (AvgIpc) is 2.17. The van der Waals surface area contributed by atoms with Crippen LogP contribution in [0.5, 0.6) is 0 Å². The predicted molar refractivity (Wildman–Crippen MR) is 44.6 cm³/mol. The zero-order chi connectivity index (χ0) is 8.10. The molecule has 0 N–H and O–H groups in total. The van der Waals surface area contributed by atoms with Crippen LogP contribution in [0.1, 0.15) is 6.42 Å². The number of hydrogen-bond acceptors (Lipinski definition) is 3. The Morgan fingerprint density at radius 2 is 2.09 bits per heavy atom. The lowest BCUT2D eigenvalue weighted by Crippen LogP contribution is -2.30. The van der Waals surface area contributed by atoms with Crippen LogP contribution in [-0.4, -0.2) is 55.9 Å². The molecule has 0 aromatic rings. The second-order valence-electron chi connectivity index (χ2n) is 3.12. The third kappa shape index (κ3) is 2.99. The first kappa shape index (κ1) is 8.68. The Hall–Kier alpha value is -0.410. The van der Waals surface area contributed by atoms with Crippen molar-refractivity contribution >= 4 is 6.29 Å². The van der Waals surface area contributed by atoms with Crippen molar-refractivity contribution in [2.24, 2.45) is 0 Å². The molecule has 0 bridgehead atoms. The van der Waals surface area contributed by atoms with Crippen LogP contribution in [0, 0.1) is 0 Å². The summed E-state index contributed by atoms with van der Waals surface area (Å²) in [5.41, 5.74) is 0. The van der Waals surface area contributed by atoms with Gasteiger partial charge in [0.15, 0.2) is 0 Å². The molecule has 1 saturated heterocycles. The lowest BCUT2D eigenvalue weighted by Gasteiger charge is -2.16. The summed E-state index contributed by atoms with van der Waals surface area (Å²) in [7, 11) is 2.13. The molecule has 0 aromatic carbocycles. The molecule has 3 heteroatoms. The maximum absolute atomic E-state index is 10.2.